The van der Waals surface area contributed by atoms with Crippen LogP contribution in [0.25, 0.3) is 10.8 Å². The second kappa shape index (κ2) is 7.49. The van der Waals surface area contributed by atoms with Gasteiger partial charge in [-0.2, -0.15) is 5.10 Å². The normalized spacial score (nSPS) is 12.2. The van der Waals surface area contributed by atoms with Gasteiger partial charge in [0.05, 0.1) is 6.21 Å². The van der Waals surface area contributed by atoms with Gasteiger partial charge in [0, 0.05) is 5.56 Å². The zero-order valence-electron chi connectivity index (χ0n) is 13.7. The molecule has 1 atom stereocenters. The zero-order valence-corrected chi connectivity index (χ0v) is 13.7. The minimum atomic E-state index is -0.706. The first-order valence-electron chi connectivity index (χ1n) is 7.90. The maximum absolute atomic E-state index is 12.1. The van der Waals surface area contributed by atoms with Crippen LogP contribution in [-0.2, 0) is 4.79 Å². The van der Waals surface area contributed by atoms with Gasteiger partial charge in [-0.05, 0) is 42.0 Å². The van der Waals surface area contributed by atoms with Gasteiger partial charge in [0.25, 0.3) is 5.91 Å². The minimum absolute atomic E-state index is 0.0981. The Balaban J connectivity index is 1.61. The summed E-state index contributed by atoms with van der Waals surface area (Å²) in [5, 5.41) is 15.6. The molecular formula is C20H18N2O3. The van der Waals surface area contributed by atoms with Crippen LogP contribution in [0.4, 0.5) is 0 Å². The Labute approximate surface area is 145 Å². The molecule has 0 aliphatic heterocycles. The van der Waals surface area contributed by atoms with Gasteiger partial charge in [-0.25, -0.2) is 5.43 Å². The van der Waals surface area contributed by atoms with Gasteiger partial charge >= 0.3 is 0 Å². The Kier molecular flexibility index (Phi) is 4.95. The summed E-state index contributed by atoms with van der Waals surface area (Å²) in [4.78, 5) is 12.1. The monoisotopic (exact) mass is 334 g/mol. The Hall–Kier alpha value is -3.34. The summed E-state index contributed by atoms with van der Waals surface area (Å²) in [7, 11) is 0. The number of aromatic hydroxyl groups is 1. The largest absolute Gasteiger partial charge is 0.507 e. The van der Waals surface area contributed by atoms with E-state index in [0.717, 1.165) is 10.8 Å². The fourth-order valence-corrected chi connectivity index (χ4v) is 2.35. The first kappa shape index (κ1) is 16.5. The van der Waals surface area contributed by atoms with Crippen LogP contribution >= 0.6 is 0 Å². The van der Waals surface area contributed by atoms with E-state index in [1.165, 1.54) is 6.21 Å². The van der Waals surface area contributed by atoms with E-state index in [1.807, 2.05) is 42.5 Å². The molecule has 0 fully saturated rings. The molecule has 2 N–H and O–H groups in total. The molecule has 0 aromatic heterocycles. The number of phenols is 1. The van der Waals surface area contributed by atoms with E-state index in [1.54, 1.807) is 31.2 Å². The van der Waals surface area contributed by atoms with Crippen molar-refractivity contribution in [1.82, 2.24) is 5.43 Å². The molecular weight excluding hydrogens is 316 g/mol. The van der Waals surface area contributed by atoms with E-state index >= 15 is 0 Å². The van der Waals surface area contributed by atoms with Crippen LogP contribution in [0.15, 0.2) is 71.8 Å². The second-order valence-corrected chi connectivity index (χ2v) is 5.56. The van der Waals surface area contributed by atoms with Gasteiger partial charge in [-0.1, -0.05) is 42.5 Å². The molecule has 0 spiro atoms. The molecule has 0 bridgehead atoms. The average Bonchev–Trinajstić information content (AvgIpc) is 2.63. The molecule has 0 saturated heterocycles. The lowest BCUT2D eigenvalue weighted by atomic mass is 10.1. The van der Waals surface area contributed by atoms with Crippen molar-refractivity contribution in [3.8, 4) is 11.5 Å². The number of nitrogens with zero attached hydrogens (tertiary/aromatic N) is 1. The van der Waals surface area contributed by atoms with Crippen molar-refractivity contribution in [2.75, 3.05) is 0 Å². The number of phenolic OH excluding ortho intramolecular Hbond substituents is 1. The maximum Gasteiger partial charge on any atom is 0.280 e. The minimum Gasteiger partial charge on any atom is -0.507 e. The predicted molar refractivity (Wildman–Crippen MR) is 97.9 cm³/mol. The lowest BCUT2D eigenvalue weighted by molar-refractivity contribution is -0.127. The molecule has 0 aliphatic carbocycles. The molecule has 25 heavy (non-hydrogen) atoms. The molecule has 126 valence electrons. The topological polar surface area (TPSA) is 70.9 Å². The quantitative estimate of drug-likeness (QED) is 0.554. The summed E-state index contributed by atoms with van der Waals surface area (Å²) in [5.74, 6) is 0.340. The van der Waals surface area contributed by atoms with E-state index in [-0.39, 0.29) is 11.7 Å². The predicted octanol–water partition coefficient (Wildman–Crippen LogP) is 3.46. The first-order valence-corrected chi connectivity index (χ1v) is 7.90. The van der Waals surface area contributed by atoms with Crippen LogP contribution in [0.2, 0.25) is 0 Å². The molecule has 5 nitrogen and oxygen atoms in total. The molecule has 5 heteroatoms. The number of amides is 1. The summed E-state index contributed by atoms with van der Waals surface area (Å²) in [6, 6.07) is 20.3. The number of carbonyl (C=O) groups is 1. The van der Waals surface area contributed by atoms with E-state index in [0.29, 0.717) is 11.3 Å². The van der Waals surface area contributed by atoms with Gasteiger partial charge < -0.3 is 9.84 Å². The highest BCUT2D eigenvalue weighted by molar-refractivity contribution is 5.86. The van der Waals surface area contributed by atoms with Crippen molar-refractivity contribution in [2.45, 2.75) is 13.0 Å². The summed E-state index contributed by atoms with van der Waals surface area (Å²) in [6.45, 7) is 1.65. The van der Waals surface area contributed by atoms with Crippen LogP contribution in [-0.4, -0.2) is 23.3 Å². The van der Waals surface area contributed by atoms with Gasteiger partial charge in [-0.15, -0.1) is 0 Å². The molecule has 0 heterocycles. The van der Waals surface area contributed by atoms with E-state index < -0.39 is 6.10 Å². The van der Waals surface area contributed by atoms with Crippen LogP contribution in [0.5, 0.6) is 11.5 Å². The number of hydrogen-bond acceptors (Lipinski definition) is 4. The van der Waals surface area contributed by atoms with Crippen LogP contribution in [0.1, 0.15) is 12.5 Å². The number of ether oxygens (including phenoxy) is 1. The zero-order chi connectivity index (χ0) is 17.6. The van der Waals surface area contributed by atoms with Gasteiger partial charge in [-0.3, -0.25) is 4.79 Å². The highest BCUT2D eigenvalue weighted by Crippen LogP contribution is 2.21. The molecule has 3 aromatic carbocycles. The summed E-state index contributed by atoms with van der Waals surface area (Å²) >= 11 is 0. The van der Waals surface area contributed by atoms with Crippen molar-refractivity contribution in [3.63, 3.8) is 0 Å². The third-order valence-corrected chi connectivity index (χ3v) is 3.72. The average molecular weight is 334 g/mol. The molecule has 0 aliphatic rings. The number of hydrogen-bond donors (Lipinski definition) is 2. The maximum atomic E-state index is 12.1. The van der Waals surface area contributed by atoms with Crippen molar-refractivity contribution in [2.24, 2.45) is 5.10 Å². The summed E-state index contributed by atoms with van der Waals surface area (Å²) in [5.41, 5.74) is 2.93. The lowest BCUT2D eigenvalue weighted by Crippen LogP contribution is -2.33. The first-order chi connectivity index (χ1) is 12.1. The number of hydrazone groups is 1. The summed E-state index contributed by atoms with van der Waals surface area (Å²) in [6.07, 6.45) is 0.679. The van der Waals surface area contributed by atoms with Crippen molar-refractivity contribution >= 4 is 22.9 Å². The third kappa shape index (κ3) is 4.14. The van der Waals surface area contributed by atoms with Crippen molar-refractivity contribution < 1.29 is 14.6 Å². The lowest BCUT2D eigenvalue weighted by Gasteiger charge is -2.13. The Morgan fingerprint density at radius 3 is 2.60 bits per heavy atom. The highest BCUT2D eigenvalue weighted by Gasteiger charge is 2.14. The number of rotatable bonds is 5. The molecule has 1 unspecified atom stereocenters. The molecule has 3 aromatic rings. The summed E-state index contributed by atoms with van der Waals surface area (Å²) < 4.78 is 5.68. The number of benzene rings is 3. The molecule has 0 radical (unpaired) electrons. The smallest absolute Gasteiger partial charge is 0.280 e. The Morgan fingerprint density at radius 1 is 1.08 bits per heavy atom. The van der Waals surface area contributed by atoms with Crippen LogP contribution < -0.4 is 10.2 Å². The Morgan fingerprint density at radius 2 is 1.80 bits per heavy atom. The van der Waals surface area contributed by atoms with E-state index in [4.69, 9.17) is 4.74 Å². The van der Waals surface area contributed by atoms with Gasteiger partial charge in [0.15, 0.2) is 6.10 Å². The van der Waals surface area contributed by atoms with Gasteiger partial charge in [0.2, 0.25) is 0 Å². The van der Waals surface area contributed by atoms with Crippen LogP contribution in [0.3, 0.4) is 0 Å². The van der Waals surface area contributed by atoms with Crippen molar-refractivity contribution in [3.05, 3.63) is 72.3 Å². The van der Waals surface area contributed by atoms with E-state index in [9.17, 15) is 9.90 Å². The number of fused-ring (bicyclic) bond motifs is 1. The number of nitrogens with one attached hydrogen (secondary N) is 1. The van der Waals surface area contributed by atoms with Crippen molar-refractivity contribution in [1.29, 1.82) is 0 Å². The highest BCUT2D eigenvalue weighted by atomic mass is 16.5. The Bertz CT molecular complexity index is 921. The third-order valence-electron chi connectivity index (χ3n) is 3.72. The van der Waals surface area contributed by atoms with E-state index in [2.05, 4.69) is 10.5 Å². The molecule has 3 rings (SSSR count). The standard InChI is InChI=1S/C20H18N2O3/c1-14(20(24)22-21-13-17-8-4-5-9-19(17)23)25-18-11-10-15-6-2-3-7-16(15)12-18/h2-14,23H,1H3,(H,22,24). The number of para-hydroxylation sites is 1. The second-order valence-electron chi connectivity index (χ2n) is 5.56. The fourth-order valence-electron chi connectivity index (χ4n) is 2.35. The van der Waals surface area contributed by atoms with Crippen LogP contribution in [0, 0.1) is 0 Å². The fraction of sp³-hybridized carbons (Fsp3) is 0.100. The number of carbonyl (C=O) groups excluding carboxylic acids is 1. The molecule has 0 saturated carbocycles. The van der Waals surface area contributed by atoms with Gasteiger partial charge in [0.1, 0.15) is 11.5 Å². The SMILES string of the molecule is CC(Oc1ccc2ccccc2c1)C(=O)NN=Cc1ccccc1O. The molecule has 1 amide bonds.